The smallest absolute Gasteiger partial charge is 0.336 e. The third-order valence-electron chi connectivity index (χ3n) is 1.70. The summed E-state index contributed by atoms with van der Waals surface area (Å²) in [4.78, 5) is 10.7. The molecule has 1 aromatic heterocycles. The standard InChI is InChI=1S/C8H4BrNO3/c9-7-4(8(11)12)1-2-6-5(7)3-10-13-6/h1-3H,(H,11,12). The van der Waals surface area contributed by atoms with E-state index in [-0.39, 0.29) is 5.56 Å². The van der Waals surface area contributed by atoms with Crippen LogP contribution in [-0.4, -0.2) is 16.2 Å². The largest absolute Gasteiger partial charge is 0.478 e. The molecule has 0 aliphatic carbocycles. The van der Waals surface area contributed by atoms with E-state index in [2.05, 4.69) is 21.1 Å². The first-order valence-electron chi connectivity index (χ1n) is 3.46. The van der Waals surface area contributed by atoms with Gasteiger partial charge in [0.2, 0.25) is 0 Å². The molecule has 1 heterocycles. The molecule has 0 amide bonds. The van der Waals surface area contributed by atoms with Gasteiger partial charge in [-0.25, -0.2) is 4.79 Å². The predicted molar refractivity (Wildman–Crippen MR) is 48.7 cm³/mol. The van der Waals surface area contributed by atoms with Crippen LogP contribution in [0.25, 0.3) is 11.0 Å². The van der Waals surface area contributed by atoms with E-state index >= 15 is 0 Å². The van der Waals surface area contributed by atoms with E-state index in [9.17, 15) is 4.79 Å². The van der Waals surface area contributed by atoms with Crippen molar-refractivity contribution in [2.75, 3.05) is 0 Å². The summed E-state index contributed by atoms with van der Waals surface area (Å²) in [5.41, 5.74) is 0.771. The highest BCUT2D eigenvalue weighted by molar-refractivity contribution is 9.10. The number of carbonyl (C=O) groups is 1. The van der Waals surface area contributed by atoms with Crippen molar-refractivity contribution in [3.05, 3.63) is 28.4 Å². The number of carboxylic acids is 1. The summed E-state index contributed by atoms with van der Waals surface area (Å²) in [7, 11) is 0. The number of hydrogen-bond donors (Lipinski definition) is 1. The van der Waals surface area contributed by atoms with Gasteiger partial charge in [-0.05, 0) is 28.1 Å². The van der Waals surface area contributed by atoms with Crippen LogP contribution in [0.15, 0.2) is 27.3 Å². The number of hydrogen-bond acceptors (Lipinski definition) is 3. The van der Waals surface area contributed by atoms with Gasteiger partial charge in [0.1, 0.15) is 0 Å². The van der Waals surface area contributed by atoms with Gasteiger partial charge in [0.25, 0.3) is 0 Å². The van der Waals surface area contributed by atoms with Gasteiger partial charge in [-0.15, -0.1) is 0 Å². The van der Waals surface area contributed by atoms with Crippen LogP contribution in [-0.2, 0) is 0 Å². The zero-order valence-corrected chi connectivity index (χ0v) is 7.91. The van der Waals surface area contributed by atoms with Crippen LogP contribution in [0, 0.1) is 0 Å². The molecule has 0 atom stereocenters. The van der Waals surface area contributed by atoms with Crippen molar-refractivity contribution in [3.8, 4) is 0 Å². The molecule has 0 radical (unpaired) electrons. The van der Waals surface area contributed by atoms with Gasteiger partial charge < -0.3 is 9.63 Å². The van der Waals surface area contributed by atoms with Crippen LogP contribution in [0.5, 0.6) is 0 Å². The van der Waals surface area contributed by atoms with Crippen molar-refractivity contribution >= 4 is 32.9 Å². The highest BCUT2D eigenvalue weighted by Crippen LogP contribution is 2.27. The van der Waals surface area contributed by atoms with Crippen LogP contribution in [0.3, 0.4) is 0 Å². The molecule has 66 valence electrons. The van der Waals surface area contributed by atoms with E-state index in [1.807, 2.05) is 0 Å². The van der Waals surface area contributed by atoms with Crippen molar-refractivity contribution in [2.45, 2.75) is 0 Å². The van der Waals surface area contributed by atoms with E-state index in [1.54, 1.807) is 6.07 Å². The number of fused-ring (bicyclic) bond motifs is 1. The summed E-state index contributed by atoms with van der Waals surface area (Å²) >= 11 is 3.18. The number of benzene rings is 1. The minimum absolute atomic E-state index is 0.204. The molecular formula is C8H4BrNO3. The lowest BCUT2D eigenvalue weighted by atomic mass is 10.2. The van der Waals surface area contributed by atoms with Gasteiger partial charge >= 0.3 is 5.97 Å². The summed E-state index contributed by atoms with van der Waals surface area (Å²) < 4.78 is 5.36. The number of rotatable bonds is 1. The number of carboxylic acid groups (broad SMARTS) is 1. The fraction of sp³-hybridized carbons (Fsp3) is 0. The topological polar surface area (TPSA) is 63.3 Å². The molecule has 0 saturated carbocycles. The number of aromatic nitrogens is 1. The second kappa shape index (κ2) is 2.85. The van der Waals surface area contributed by atoms with Crippen molar-refractivity contribution in [3.63, 3.8) is 0 Å². The maximum absolute atomic E-state index is 10.7. The summed E-state index contributed by atoms with van der Waals surface area (Å²) in [6, 6.07) is 3.05. The molecule has 1 N–H and O–H groups in total. The lowest BCUT2D eigenvalue weighted by molar-refractivity contribution is 0.0696. The van der Waals surface area contributed by atoms with E-state index in [0.717, 1.165) is 0 Å². The molecule has 13 heavy (non-hydrogen) atoms. The Labute approximate surface area is 81.3 Å². The molecule has 2 aromatic rings. The van der Waals surface area contributed by atoms with Gasteiger partial charge in [0.15, 0.2) is 5.58 Å². The van der Waals surface area contributed by atoms with Crippen LogP contribution in [0.2, 0.25) is 0 Å². The Morgan fingerprint density at radius 3 is 3.00 bits per heavy atom. The molecule has 1 aromatic carbocycles. The van der Waals surface area contributed by atoms with Crippen LogP contribution >= 0.6 is 15.9 Å². The normalized spacial score (nSPS) is 10.5. The Morgan fingerprint density at radius 2 is 2.31 bits per heavy atom. The first-order valence-corrected chi connectivity index (χ1v) is 4.25. The molecule has 4 nitrogen and oxygen atoms in total. The molecule has 0 fully saturated rings. The van der Waals surface area contributed by atoms with E-state index in [1.165, 1.54) is 12.3 Å². The van der Waals surface area contributed by atoms with Gasteiger partial charge in [0.05, 0.1) is 17.1 Å². The van der Waals surface area contributed by atoms with Crippen LogP contribution < -0.4 is 0 Å². The quantitative estimate of drug-likeness (QED) is 0.833. The third kappa shape index (κ3) is 1.21. The molecule has 0 aliphatic rings. The van der Waals surface area contributed by atoms with E-state index < -0.39 is 5.97 Å². The predicted octanol–water partition coefficient (Wildman–Crippen LogP) is 2.29. The lowest BCUT2D eigenvalue weighted by Gasteiger charge is -1.97. The van der Waals surface area contributed by atoms with Gasteiger partial charge in [0, 0.05) is 4.47 Å². The van der Waals surface area contributed by atoms with E-state index in [4.69, 9.17) is 9.63 Å². The second-order valence-corrected chi connectivity index (χ2v) is 3.26. The fourth-order valence-corrected chi connectivity index (χ4v) is 1.68. The minimum Gasteiger partial charge on any atom is -0.478 e. The number of halogens is 1. The van der Waals surface area contributed by atoms with Gasteiger partial charge in [-0.2, -0.15) is 0 Å². The molecule has 0 unspecified atom stereocenters. The van der Waals surface area contributed by atoms with E-state index in [0.29, 0.717) is 15.4 Å². The lowest BCUT2D eigenvalue weighted by Crippen LogP contribution is -1.96. The number of aromatic carboxylic acids is 1. The molecule has 0 saturated heterocycles. The minimum atomic E-state index is -0.977. The SMILES string of the molecule is O=C(O)c1ccc2oncc2c1Br. The Kier molecular flexibility index (Phi) is 1.81. The summed E-state index contributed by atoms with van der Waals surface area (Å²) in [6.45, 7) is 0. The zero-order valence-electron chi connectivity index (χ0n) is 6.32. The summed E-state index contributed by atoms with van der Waals surface area (Å²) in [6.07, 6.45) is 1.48. The first kappa shape index (κ1) is 8.25. The Bertz CT molecular complexity index is 477. The molecular weight excluding hydrogens is 238 g/mol. The summed E-state index contributed by atoms with van der Waals surface area (Å²) in [5, 5.41) is 13.0. The number of nitrogens with zero attached hydrogens (tertiary/aromatic N) is 1. The van der Waals surface area contributed by atoms with Crippen molar-refractivity contribution in [1.29, 1.82) is 0 Å². The van der Waals surface area contributed by atoms with Crippen LogP contribution in [0.1, 0.15) is 10.4 Å². The fourth-order valence-electron chi connectivity index (χ4n) is 1.08. The zero-order chi connectivity index (χ0) is 9.42. The van der Waals surface area contributed by atoms with Crippen molar-refractivity contribution < 1.29 is 14.4 Å². The maximum Gasteiger partial charge on any atom is 0.336 e. The van der Waals surface area contributed by atoms with Crippen LogP contribution in [0.4, 0.5) is 0 Å². The molecule has 0 bridgehead atoms. The van der Waals surface area contributed by atoms with Crippen molar-refractivity contribution in [1.82, 2.24) is 5.16 Å². The summed E-state index contributed by atoms with van der Waals surface area (Å²) in [5.74, 6) is -0.977. The Balaban J connectivity index is 2.80. The Hall–Kier alpha value is -1.36. The Morgan fingerprint density at radius 1 is 1.54 bits per heavy atom. The second-order valence-electron chi connectivity index (χ2n) is 2.47. The highest BCUT2D eigenvalue weighted by Gasteiger charge is 2.12. The monoisotopic (exact) mass is 241 g/mol. The van der Waals surface area contributed by atoms with Crippen molar-refractivity contribution in [2.24, 2.45) is 0 Å². The molecule has 5 heteroatoms. The maximum atomic E-state index is 10.7. The van der Waals surface area contributed by atoms with Gasteiger partial charge in [-0.3, -0.25) is 0 Å². The molecule has 2 rings (SSSR count). The average molecular weight is 242 g/mol. The van der Waals surface area contributed by atoms with Gasteiger partial charge in [-0.1, -0.05) is 5.16 Å². The first-order chi connectivity index (χ1) is 6.20. The highest BCUT2D eigenvalue weighted by atomic mass is 79.9. The molecule has 0 aliphatic heterocycles. The average Bonchev–Trinajstić information content (AvgIpc) is 2.52. The molecule has 0 spiro atoms. The third-order valence-corrected chi connectivity index (χ3v) is 2.56.